The number of sulfonamides is 1. The lowest BCUT2D eigenvalue weighted by Crippen LogP contribution is -2.38. The highest BCUT2D eigenvalue weighted by Crippen LogP contribution is 2.23. The molecule has 21 heavy (non-hydrogen) atoms. The van der Waals surface area contributed by atoms with Crippen molar-refractivity contribution in [2.24, 2.45) is 0 Å². The van der Waals surface area contributed by atoms with Crippen molar-refractivity contribution < 1.29 is 23.1 Å². The summed E-state index contributed by atoms with van der Waals surface area (Å²) in [5.41, 5.74) is 0.606. The van der Waals surface area contributed by atoms with Crippen LogP contribution >= 0.6 is 15.9 Å². The third kappa shape index (κ3) is 4.50. The number of hydrogen-bond acceptors (Lipinski definition) is 4. The normalized spacial score (nSPS) is 20.3. The van der Waals surface area contributed by atoms with Crippen molar-refractivity contribution in [2.45, 2.75) is 24.1 Å². The Labute approximate surface area is 131 Å². The van der Waals surface area contributed by atoms with Gasteiger partial charge in [0.15, 0.2) is 0 Å². The molecule has 2 N–H and O–H groups in total. The Kier molecular flexibility index (Phi) is 5.37. The standard InChI is InChI=1S/C13H16BrNO5S/c14-10-3-1-2-9(6-10)12(7-13(16)17)15-21(18,19)11-4-5-20-8-11/h1-3,6,11-12,15H,4-5,7-8H2,(H,16,17). The molecule has 1 heterocycles. The van der Waals surface area contributed by atoms with Gasteiger partial charge in [0.1, 0.15) is 5.25 Å². The first kappa shape index (κ1) is 16.4. The zero-order valence-corrected chi connectivity index (χ0v) is 13.6. The van der Waals surface area contributed by atoms with Gasteiger partial charge in [0.25, 0.3) is 0 Å². The van der Waals surface area contributed by atoms with E-state index in [-0.39, 0.29) is 13.0 Å². The molecule has 1 saturated heterocycles. The van der Waals surface area contributed by atoms with Crippen LogP contribution in [0, 0.1) is 0 Å². The first-order valence-electron chi connectivity index (χ1n) is 6.44. The summed E-state index contributed by atoms with van der Waals surface area (Å²) in [5.74, 6) is -1.06. The van der Waals surface area contributed by atoms with E-state index in [1.807, 2.05) is 0 Å². The molecule has 0 saturated carbocycles. The van der Waals surface area contributed by atoms with E-state index < -0.39 is 27.3 Å². The lowest BCUT2D eigenvalue weighted by Gasteiger charge is -2.20. The molecule has 1 aliphatic rings. The predicted molar refractivity (Wildman–Crippen MR) is 80.4 cm³/mol. The SMILES string of the molecule is O=C(O)CC(NS(=O)(=O)C1CCOC1)c1cccc(Br)c1. The summed E-state index contributed by atoms with van der Waals surface area (Å²) in [6.45, 7) is 0.555. The van der Waals surface area contributed by atoms with Crippen LogP contribution in [0.3, 0.4) is 0 Å². The average molecular weight is 378 g/mol. The summed E-state index contributed by atoms with van der Waals surface area (Å²) in [5, 5.41) is 8.38. The number of ether oxygens (including phenoxy) is 1. The molecule has 0 spiro atoms. The van der Waals surface area contributed by atoms with Gasteiger partial charge in [0, 0.05) is 11.1 Å². The average Bonchev–Trinajstić information content (AvgIpc) is 2.91. The molecule has 0 aromatic heterocycles. The molecule has 1 aliphatic heterocycles. The number of aliphatic carboxylic acids is 1. The van der Waals surface area contributed by atoms with Crippen LogP contribution in [0.15, 0.2) is 28.7 Å². The zero-order chi connectivity index (χ0) is 15.5. The van der Waals surface area contributed by atoms with E-state index in [1.165, 1.54) is 0 Å². The van der Waals surface area contributed by atoms with Gasteiger partial charge in [-0.1, -0.05) is 28.1 Å². The minimum absolute atomic E-state index is 0.146. The van der Waals surface area contributed by atoms with Crippen molar-refractivity contribution in [3.8, 4) is 0 Å². The van der Waals surface area contributed by atoms with Crippen molar-refractivity contribution >= 4 is 31.9 Å². The fraction of sp³-hybridized carbons (Fsp3) is 0.462. The second-order valence-electron chi connectivity index (χ2n) is 4.85. The van der Waals surface area contributed by atoms with Crippen LogP contribution in [0.5, 0.6) is 0 Å². The largest absolute Gasteiger partial charge is 0.481 e. The second-order valence-corrected chi connectivity index (χ2v) is 7.76. The van der Waals surface area contributed by atoms with Crippen LogP contribution < -0.4 is 4.72 Å². The molecule has 116 valence electrons. The molecular formula is C13H16BrNO5S. The maximum Gasteiger partial charge on any atom is 0.305 e. The molecule has 0 amide bonds. The van der Waals surface area contributed by atoms with Gasteiger partial charge >= 0.3 is 5.97 Å². The van der Waals surface area contributed by atoms with Crippen molar-refractivity contribution in [3.05, 3.63) is 34.3 Å². The third-order valence-corrected chi connectivity index (χ3v) is 5.62. The van der Waals surface area contributed by atoms with E-state index in [9.17, 15) is 13.2 Å². The first-order valence-corrected chi connectivity index (χ1v) is 8.78. The lowest BCUT2D eigenvalue weighted by molar-refractivity contribution is -0.137. The van der Waals surface area contributed by atoms with Crippen LogP contribution in [-0.4, -0.2) is 38.0 Å². The second kappa shape index (κ2) is 6.87. The molecule has 2 unspecified atom stereocenters. The highest BCUT2D eigenvalue weighted by molar-refractivity contribution is 9.10. The molecule has 1 aromatic carbocycles. The molecule has 1 fully saturated rings. The summed E-state index contributed by atoms with van der Waals surface area (Å²) >= 11 is 3.30. The number of benzene rings is 1. The van der Waals surface area contributed by atoms with Gasteiger partial charge in [-0.15, -0.1) is 0 Å². The van der Waals surface area contributed by atoms with Crippen LogP contribution in [0.1, 0.15) is 24.4 Å². The zero-order valence-electron chi connectivity index (χ0n) is 11.2. The molecule has 2 atom stereocenters. The number of halogens is 1. The summed E-state index contributed by atoms with van der Waals surface area (Å²) in [6, 6.07) is 6.14. The number of nitrogens with one attached hydrogen (secondary N) is 1. The fourth-order valence-corrected chi connectivity index (χ4v) is 4.08. The highest BCUT2D eigenvalue weighted by atomic mass is 79.9. The Balaban J connectivity index is 2.22. The summed E-state index contributed by atoms with van der Waals surface area (Å²) in [4.78, 5) is 11.0. The van der Waals surface area contributed by atoms with Crippen LogP contribution in [0.25, 0.3) is 0 Å². The number of carbonyl (C=O) groups is 1. The molecule has 8 heteroatoms. The topological polar surface area (TPSA) is 92.7 Å². The van der Waals surface area contributed by atoms with Crippen molar-refractivity contribution in [1.29, 1.82) is 0 Å². The van der Waals surface area contributed by atoms with Crippen LogP contribution in [-0.2, 0) is 19.6 Å². The highest BCUT2D eigenvalue weighted by Gasteiger charge is 2.32. The molecule has 1 aromatic rings. The smallest absolute Gasteiger partial charge is 0.305 e. The number of hydrogen-bond donors (Lipinski definition) is 2. The van der Waals surface area contributed by atoms with Gasteiger partial charge in [-0.25, -0.2) is 13.1 Å². The quantitative estimate of drug-likeness (QED) is 0.786. The predicted octanol–water partition coefficient (Wildman–Crippen LogP) is 1.67. The fourth-order valence-electron chi connectivity index (χ4n) is 2.18. The molecule has 0 aliphatic carbocycles. The maximum atomic E-state index is 12.3. The van der Waals surface area contributed by atoms with E-state index in [2.05, 4.69) is 20.7 Å². The summed E-state index contributed by atoms with van der Waals surface area (Å²) < 4.78 is 32.9. The van der Waals surface area contributed by atoms with Gasteiger partial charge in [-0.05, 0) is 24.1 Å². The first-order chi connectivity index (χ1) is 9.88. The van der Waals surface area contributed by atoms with E-state index in [1.54, 1.807) is 24.3 Å². The van der Waals surface area contributed by atoms with Gasteiger partial charge < -0.3 is 9.84 Å². The van der Waals surface area contributed by atoms with Crippen molar-refractivity contribution in [2.75, 3.05) is 13.2 Å². The molecule has 0 bridgehead atoms. The van der Waals surface area contributed by atoms with Crippen LogP contribution in [0.4, 0.5) is 0 Å². The van der Waals surface area contributed by atoms with E-state index in [4.69, 9.17) is 9.84 Å². The lowest BCUT2D eigenvalue weighted by atomic mass is 10.1. The Morgan fingerprint density at radius 3 is 2.86 bits per heavy atom. The Morgan fingerprint density at radius 2 is 2.29 bits per heavy atom. The van der Waals surface area contributed by atoms with E-state index in [0.29, 0.717) is 18.6 Å². The van der Waals surface area contributed by atoms with Gasteiger partial charge in [-0.3, -0.25) is 4.79 Å². The molecular weight excluding hydrogens is 362 g/mol. The van der Waals surface area contributed by atoms with E-state index in [0.717, 1.165) is 4.47 Å². The molecule has 6 nitrogen and oxygen atoms in total. The summed E-state index contributed by atoms with van der Waals surface area (Å²) in [7, 11) is -3.62. The summed E-state index contributed by atoms with van der Waals surface area (Å²) in [6.07, 6.45) is 0.108. The monoisotopic (exact) mass is 377 g/mol. The van der Waals surface area contributed by atoms with Gasteiger partial charge in [0.2, 0.25) is 10.0 Å². The minimum atomic E-state index is -3.62. The number of carboxylic acids is 1. The minimum Gasteiger partial charge on any atom is -0.481 e. The van der Waals surface area contributed by atoms with E-state index >= 15 is 0 Å². The molecule has 2 rings (SSSR count). The Hall–Kier alpha value is -0.960. The maximum absolute atomic E-state index is 12.3. The van der Waals surface area contributed by atoms with Crippen molar-refractivity contribution in [3.63, 3.8) is 0 Å². The number of carboxylic acid groups (broad SMARTS) is 1. The van der Waals surface area contributed by atoms with Gasteiger partial charge in [-0.2, -0.15) is 0 Å². The third-order valence-electron chi connectivity index (χ3n) is 3.26. The Morgan fingerprint density at radius 1 is 1.52 bits per heavy atom. The number of rotatable bonds is 6. The van der Waals surface area contributed by atoms with Crippen LogP contribution in [0.2, 0.25) is 0 Å². The molecule has 0 radical (unpaired) electrons. The Bertz CT molecular complexity index is 613. The van der Waals surface area contributed by atoms with Gasteiger partial charge in [0.05, 0.1) is 19.1 Å². The van der Waals surface area contributed by atoms with Crippen molar-refractivity contribution in [1.82, 2.24) is 4.72 Å².